The first kappa shape index (κ1) is 35.3. The van der Waals surface area contributed by atoms with Crippen molar-refractivity contribution >= 4 is 103 Å². The third-order valence-electron chi connectivity index (χ3n) is 14.5. The molecule has 0 saturated carbocycles. The molecule has 0 fully saturated rings. The fourth-order valence-electron chi connectivity index (χ4n) is 11.9. The third kappa shape index (κ3) is 4.67. The summed E-state index contributed by atoms with van der Waals surface area (Å²) in [6, 6.07) is 70.2. The molecule has 0 saturated heterocycles. The molecule has 0 aromatic heterocycles. The summed E-state index contributed by atoms with van der Waals surface area (Å²) in [6.45, 7) is 11.9. The predicted molar refractivity (Wildman–Crippen MR) is 275 cm³/mol. The van der Waals surface area contributed by atoms with Gasteiger partial charge in [0.05, 0.1) is 6.57 Å². The molecule has 0 atom stereocenters. The molecule has 0 amide bonds. The zero-order valence-electron chi connectivity index (χ0n) is 35.3. The van der Waals surface area contributed by atoms with E-state index in [0.717, 1.165) is 5.56 Å². The Labute approximate surface area is 369 Å². The first-order chi connectivity index (χ1) is 31.5. The van der Waals surface area contributed by atoms with Gasteiger partial charge in [0, 0.05) is 0 Å². The number of rotatable bonds is 4. The molecule has 294 valence electrons. The first-order valence-electron chi connectivity index (χ1n) is 22.2. The molecule has 1 nitrogen and oxygen atoms in total. The predicted octanol–water partition coefficient (Wildman–Crippen LogP) is 18.2. The van der Waals surface area contributed by atoms with E-state index < -0.39 is 0 Å². The average Bonchev–Trinajstić information content (AvgIpc) is 3.83. The Kier molecular flexibility index (Phi) is 7.10. The number of fused-ring (bicyclic) bond motifs is 7. The molecule has 0 aliphatic carbocycles. The van der Waals surface area contributed by atoms with Gasteiger partial charge in [0.1, 0.15) is 0 Å². The van der Waals surface area contributed by atoms with Gasteiger partial charge in [-0.1, -0.05) is 170 Å². The van der Waals surface area contributed by atoms with Crippen LogP contribution in [0.3, 0.4) is 0 Å². The van der Waals surface area contributed by atoms with Crippen LogP contribution in [0.2, 0.25) is 0 Å². The second-order valence-electron chi connectivity index (χ2n) is 17.9. The summed E-state index contributed by atoms with van der Waals surface area (Å²) < 4.78 is 0. The first-order valence-corrected chi connectivity index (χ1v) is 22.2. The summed E-state index contributed by atoms with van der Waals surface area (Å²) in [7, 11) is 0. The van der Waals surface area contributed by atoms with Crippen molar-refractivity contribution in [3.63, 3.8) is 0 Å². The van der Waals surface area contributed by atoms with E-state index in [1.165, 1.54) is 147 Å². The summed E-state index contributed by atoms with van der Waals surface area (Å²) >= 11 is 0. The highest BCUT2D eigenvalue weighted by Gasteiger charge is 2.27. The van der Waals surface area contributed by atoms with Gasteiger partial charge in [0.15, 0.2) is 5.69 Å². The van der Waals surface area contributed by atoms with E-state index in [0.29, 0.717) is 5.69 Å². The molecule has 0 radical (unpaired) electrons. The van der Waals surface area contributed by atoms with E-state index in [2.05, 4.69) is 195 Å². The maximum atomic E-state index is 7.43. The molecule has 14 aromatic carbocycles. The molecule has 14 aromatic rings. The molecule has 0 heterocycles. The maximum Gasteiger partial charge on any atom is 0.187 e. The molecule has 0 aliphatic rings. The summed E-state index contributed by atoms with van der Waals surface area (Å²) in [4.78, 5) is 3.61. The van der Waals surface area contributed by atoms with Gasteiger partial charge in [-0.15, -0.1) is 0 Å². The summed E-state index contributed by atoms with van der Waals surface area (Å²) in [5.74, 6) is 0. The van der Waals surface area contributed by atoms with Crippen LogP contribution in [0.1, 0.15) is 11.1 Å². The van der Waals surface area contributed by atoms with E-state index >= 15 is 0 Å². The van der Waals surface area contributed by atoms with Crippen molar-refractivity contribution < 1.29 is 0 Å². The van der Waals surface area contributed by atoms with Crippen LogP contribution in [0.15, 0.2) is 188 Å². The lowest BCUT2D eigenvalue weighted by Crippen LogP contribution is -1.92. The fourth-order valence-corrected chi connectivity index (χ4v) is 11.9. The quantitative estimate of drug-likeness (QED) is 0.123. The number of benzene rings is 12. The summed E-state index contributed by atoms with van der Waals surface area (Å²) in [6.07, 6.45) is 0. The standard InChI is InChI=1S/C63H37N/c1-35-30-43(37-22-25-44(64-3)26-23-37)31-36(2)55(35)46-28-29-49-60-45(46)18-11-19-48(60)62-57(38-12-6-4-7-13-38)54-34-51-50(33-53(54)58(63(49)62)39-14-8-5-9-15-39)47-27-24-41-21-20-40-16-10-17-42-32-52(51)61(47)59(41)56(40)42/h4-34H,1-2H3. The highest BCUT2D eigenvalue weighted by atomic mass is 14.6. The van der Waals surface area contributed by atoms with E-state index in [1.807, 2.05) is 12.1 Å². The van der Waals surface area contributed by atoms with Crippen molar-refractivity contribution in [3.8, 4) is 44.5 Å². The second-order valence-corrected chi connectivity index (χ2v) is 17.9. The molecule has 0 N–H and O–H groups in total. The van der Waals surface area contributed by atoms with E-state index in [4.69, 9.17) is 6.57 Å². The van der Waals surface area contributed by atoms with Crippen molar-refractivity contribution in [3.05, 3.63) is 211 Å². The highest BCUT2D eigenvalue weighted by Crippen LogP contribution is 2.55. The van der Waals surface area contributed by atoms with Gasteiger partial charge < -0.3 is 0 Å². The lowest BCUT2D eigenvalue weighted by atomic mass is 9.85. The molecule has 0 bridgehead atoms. The van der Waals surface area contributed by atoms with Crippen molar-refractivity contribution in [1.29, 1.82) is 0 Å². The summed E-state index contributed by atoms with van der Waals surface area (Å²) in [5.41, 5.74) is 13.0. The van der Waals surface area contributed by atoms with Crippen molar-refractivity contribution in [1.82, 2.24) is 0 Å². The van der Waals surface area contributed by atoms with Crippen molar-refractivity contribution in [2.24, 2.45) is 0 Å². The molecule has 0 spiro atoms. The zero-order chi connectivity index (χ0) is 42.4. The SMILES string of the molecule is [C-]#[N+]c1ccc(-c2cc(C)c(-c3ccc4c5c(-c6ccccc6)c6cc7c(cc6c(-c6ccccc6)c5c5cccc3c45)c3cc4cccc5ccc6ccc7c3c6c54)c(C)c2)cc1. The van der Waals surface area contributed by atoms with Crippen LogP contribution in [0.4, 0.5) is 5.69 Å². The Hall–Kier alpha value is -8.31. The van der Waals surface area contributed by atoms with Crippen LogP contribution in [0.5, 0.6) is 0 Å². The minimum Gasteiger partial charge on any atom is -0.238 e. The van der Waals surface area contributed by atoms with Crippen LogP contribution >= 0.6 is 0 Å². The molecular formula is C63H37N. The Bertz CT molecular complexity index is 4260. The number of hydrogen-bond donors (Lipinski definition) is 0. The topological polar surface area (TPSA) is 4.36 Å². The minimum atomic E-state index is 0.660. The third-order valence-corrected chi connectivity index (χ3v) is 14.5. The number of hydrogen-bond acceptors (Lipinski definition) is 0. The lowest BCUT2D eigenvalue weighted by molar-refractivity contribution is 1.38. The average molecular weight is 808 g/mol. The molecule has 64 heavy (non-hydrogen) atoms. The smallest absolute Gasteiger partial charge is 0.187 e. The van der Waals surface area contributed by atoms with Crippen LogP contribution in [-0.4, -0.2) is 0 Å². The van der Waals surface area contributed by atoms with Gasteiger partial charge >= 0.3 is 0 Å². The van der Waals surface area contributed by atoms with E-state index in [1.54, 1.807) is 0 Å². The number of nitrogens with zero attached hydrogens (tertiary/aromatic N) is 1. The van der Waals surface area contributed by atoms with Gasteiger partial charge in [-0.2, -0.15) is 0 Å². The second kappa shape index (κ2) is 12.9. The Morgan fingerprint density at radius 2 is 0.859 bits per heavy atom. The monoisotopic (exact) mass is 807 g/mol. The molecule has 0 unspecified atom stereocenters. The van der Waals surface area contributed by atoms with Crippen LogP contribution < -0.4 is 0 Å². The molecule has 14 rings (SSSR count). The van der Waals surface area contributed by atoms with Gasteiger partial charge in [0.2, 0.25) is 0 Å². The Balaban J connectivity index is 1.14. The Morgan fingerprint density at radius 1 is 0.297 bits per heavy atom. The maximum absolute atomic E-state index is 7.43. The largest absolute Gasteiger partial charge is 0.238 e. The molecule has 0 aliphatic heterocycles. The van der Waals surface area contributed by atoms with Crippen LogP contribution in [0.25, 0.3) is 146 Å². The van der Waals surface area contributed by atoms with Gasteiger partial charge in [-0.05, 0) is 185 Å². The molecule has 1 heteroatoms. The van der Waals surface area contributed by atoms with E-state index in [9.17, 15) is 0 Å². The van der Waals surface area contributed by atoms with Crippen LogP contribution in [0, 0.1) is 20.4 Å². The van der Waals surface area contributed by atoms with Crippen LogP contribution in [-0.2, 0) is 0 Å². The fraction of sp³-hybridized carbons (Fsp3) is 0.0317. The number of aryl methyl sites for hydroxylation is 2. The zero-order valence-corrected chi connectivity index (χ0v) is 35.3. The minimum absolute atomic E-state index is 0.660. The van der Waals surface area contributed by atoms with Gasteiger partial charge in [-0.3, -0.25) is 0 Å². The normalized spacial score (nSPS) is 12.2. The van der Waals surface area contributed by atoms with E-state index in [-0.39, 0.29) is 0 Å². The highest BCUT2D eigenvalue weighted by molar-refractivity contribution is 6.44. The van der Waals surface area contributed by atoms with Crippen molar-refractivity contribution in [2.75, 3.05) is 0 Å². The van der Waals surface area contributed by atoms with Crippen molar-refractivity contribution in [2.45, 2.75) is 13.8 Å². The molecular weight excluding hydrogens is 771 g/mol. The lowest BCUT2D eigenvalue weighted by Gasteiger charge is -2.17. The van der Waals surface area contributed by atoms with Gasteiger partial charge in [-0.25, -0.2) is 4.85 Å². The summed E-state index contributed by atoms with van der Waals surface area (Å²) in [5, 5.41) is 23.6. The van der Waals surface area contributed by atoms with Gasteiger partial charge in [0.25, 0.3) is 0 Å². The Morgan fingerprint density at radius 3 is 1.53 bits per heavy atom.